The van der Waals surface area contributed by atoms with Crippen LogP contribution in [0.25, 0.3) is 0 Å². The smallest absolute Gasteiger partial charge is 0.0317 e. The molecule has 1 saturated heterocycles. The highest BCUT2D eigenvalue weighted by molar-refractivity contribution is 8.07. The molecule has 0 amide bonds. The van der Waals surface area contributed by atoms with Crippen LogP contribution in [-0.4, -0.2) is 35.1 Å². The summed E-state index contributed by atoms with van der Waals surface area (Å²) in [4.78, 5) is 0. The highest BCUT2D eigenvalue weighted by Crippen LogP contribution is 2.34. The Labute approximate surface area is 110 Å². The Morgan fingerprint density at radius 1 is 1.31 bits per heavy atom. The second kappa shape index (κ2) is 7.88. The van der Waals surface area contributed by atoms with E-state index >= 15 is 0 Å². The SMILES string of the molecule is CCCC(C)CC(NC)C1SCCSC1C. The van der Waals surface area contributed by atoms with Crippen molar-refractivity contribution in [2.45, 2.75) is 56.6 Å². The Hall–Kier alpha value is 0.660. The lowest BCUT2D eigenvalue weighted by Gasteiger charge is -2.35. The van der Waals surface area contributed by atoms with Gasteiger partial charge in [-0.05, 0) is 19.4 Å². The summed E-state index contributed by atoms with van der Waals surface area (Å²) in [6.07, 6.45) is 4.03. The quantitative estimate of drug-likeness (QED) is 0.784. The van der Waals surface area contributed by atoms with Crippen LogP contribution in [-0.2, 0) is 0 Å². The van der Waals surface area contributed by atoms with Crippen LogP contribution in [0.1, 0.15) is 40.0 Å². The van der Waals surface area contributed by atoms with Crippen LogP contribution in [0.3, 0.4) is 0 Å². The molecule has 4 unspecified atom stereocenters. The van der Waals surface area contributed by atoms with Gasteiger partial charge in [0.15, 0.2) is 0 Å². The second-order valence-electron chi connectivity index (χ2n) is 4.94. The van der Waals surface area contributed by atoms with Gasteiger partial charge in [-0.25, -0.2) is 0 Å². The zero-order chi connectivity index (χ0) is 12.0. The van der Waals surface area contributed by atoms with E-state index in [0.29, 0.717) is 6.04 Å². The molecule has 0 aromatic heterocycles. The summed E-state index contributed by atoms with van der Waals surface area (Å²) in [5, 5.41) is 5.18. The normalized spacial score (nSPS) is 30.0. The third-order valence-corrected chi connectivity index (χ3v) is 6.69. The first-order chi connectivity index (χ1) is 7.69. The summed E-state index contributed by atoms with van der Waals surface area (Å²) >= 11 is 4.33. The first kappa shape index (κ1) is 14.7. The zero-order valence-electron chi connectivity index (χ0n) is 11.2. The maximum Gasteiger partial charge on any atom is 0.0317 e. The van der Waals surface area contributed by atoms with E-state index in [4.69, 9.17) is 0 Å². The predicted octanol–water partition coefficient (Wildman–Crippen LogP) is 3.64. The molecule has 0 spiro atoms. The van der Waals surface area contributed by atoms with Crippen LogP contribution < -0.4 is 5.32 Å². The van der Waals surface area contributed by atoms with Gasteiger partial charge in [-0.15, -0.1) is 0 Å². The Morgan fingerprint density at radius 2 is 2.00 bits per heavy atom. The first-order valence-corrected chi connectivity index (χ1v) is 8.69. The maximum absolute atomic E-state index is 3.56. The predicted molar refractivity (Wildman–Crippen MR) is 79.7 cm³/mol. The molecule has 0 aliphatic carbocycles. The molecule has 1 nitrogen and oxygen atoms in total. The Morgan fingerprint density at radius 3 is 2.56 bits per heavy atom. The summed E-state index contributed by atoms with van der Waals surface area (Å²) in [7, 11) is 2.13. The molecule has 0 bridgehead atoms. The van der Waals surface area contributed by atoms with Crippen molar-refractivity contribution >= 4 is 23.5 Å². The number of hydrogen-bond acceptors (Lipinski definition) is 3. The Kier molecular flexibility index (Phi) is 7.25. The Bertz CT molecular complexity index is 187. The van der Waals surface area contributed by atoms with Crippen LogP contribution in [0.15, 0.2) is 0 Å². The van der Waals surface area contributed by atoms with Gasteiger partial charge in [0, 0.05) is 28.0 Å². The molecule has 3 heteroatoms. The van der Waals surface area contributed by atoms with Gasteiger partial charge in [0.25, 0.3) is 0 Å². The van der Waals surface area contributed by atoms with E-state index in [-0.39, 0.29) is 0 Å². The second-order valence-corrected chi connectivity index (χ2v) is 7.71. The van der Waals surface area contributed by atoms with Gasteiger partial charge >= 0.3 is 0 Å². The lowest BCUT2D eigenvalue weighted by Crippen LogP contribution is -2.43. The molecular weight excluding hydrogens is 234 g/mol. The van der Waals surface area contributed by atoms with Gasteiger partial charge < -0.3 is 5.32 Å². The van der Waals surface area contributed by atoms with E-state index in [1.165, 1.54) is 30.8 Å². The molecule has 1 heterocycles. The molecule has 0 aromatic rings. The molecular formula is C13H27NS2. The highest BCUT2D eigenvalue weighted by Gasteiger charge is 2.30. The van der Waals surface area contributed by atoms with Crippen LogP contribution in [0.5, 0.6) is 0 Å². The maximum atomic E-state index is 3.56. The summed E-state index contributed by atoms with van der Waals surface area (Å²) in [6, 6.07) is 0.703. The fourth-order valence-corrected chi connectivity index (χ4v) is 5.57. The largest absolute Gasteiger partial charge is 0.316 e. The monoisotopic (exact) mass is 261 g/mol. The van der Waals surface area contributed by atoms with Crippen LogP contribution >= 0.6 is 23.5 Å². The van der Waals surface area contributed by atoms with Crippen molar-refractivity contribution in [1.82, 2.24) is 5.32 Å². The number of thioether (sulfide) groups is 2. The number of rotatable bonds is 6. The minimum absolute atomic E-state index is 0.703. The minimum Gasteiger partial charge on any atom is -0.316 e. The van der Waals surface area contributed by atoms with E-state index in [1.54, 1.807) is 0 Å². The summed E-state index contributed by atoms with van der Waals surface area (Å²) < 4.78 is 0. The average Bonchev–Trinajstić information content (AvgIpc) is 2.27. The Balaban J connectivity index is 2.45. The summed E-state index contributed by atoms with van der Waals surface area (Å²) in [5.41, 5.74) is 0. The van der Waals surface area contributed by atoms with Gasteiger partial charge in [0.2, 0.25) is 0 Å². The fourth-order valence-electron chi connectivity index (χ4n) is 2.55. The lowest BCUT2D eigenvalue weighted by atomic mass is 9.94. The van der Waals surface area contributed by atoms with E-state index < -0.39 is 0 Å². The summed E-state index contributed by atoms with van der Waals surface area (Å²) in [6.45, 7) is 7.09. The molecule has 0 radical (unpaired) electrons. The van der Waals surface area contributed by atoms with Gasteiger partial charge in [-0.1, -0.05) is 33.6 Å². The van der Waals surface area contributed by atoms with Crippen LogP contribution in [0.4, 0.5) is 0 Å². The lowest BCUT2D eigenvalue weighted by molar-refractivity contribution is 0.389. The van der Waals surface area contributed by atoms with Crippen LogP contribution in [0, 0.1) is 5.92 Å². The van der Waals surface area contributed by atoms with E-state index in [9.17, 15) is 0 Å². The van der Waals surface area contributed by atoms with Crippen molar-refractivity contribution in [3.05, 3.63) is 0 Å². The zero-order valence-corrected chi connectivity index (χ0v) is 12.8. The molecule has 4 atom stereocenters. The summed E-state index contributed by atoms with van der Waals surface area (Å²) in [5.74, 6) is 3.53. The third kappa shape index (κ3) is 4.50. The van der Waals surface area contributed by atoms with E-state index in [1.807, 2.05) is 0 Å². The average molecular weight is 262 g/mol. The molecule has 1 rings (SSSR count). The van der Waals surface area contributed by atoms with Crippen molar-refractivity contribution < 1.29 is 0 Å². The highest BCUT2D eigenvalue weighted by atomic mass is 32.2. The molecule has 1 aliphatic rings. The van der Waals surface area contributed by atoms with Crippen molar-refractivity contribution in [1.29, 1.82) is 0 Å². The van der Waals surface area contributed by atoms with Gasteiger partial charge in [0.1, 0.15) is 0 Å². The van der Waals surface area contributed by atoms with Gasteiger partial charge in [-0.3, -0.25) is 0 Å². The molecule has 16 heavy (non-hydrogen) atoms. The molecule has 96 valence electrons. The van der Waals surface area contributed by atoms with Gasteiger partial charge in [-0.2, -0.15) is 23.5 Å². The van der Waals surface area contributed by atoms with Crippen molar-refractivity contribution in [2.75, 3.05) is 18.6 Å². The van der Waals surface area contributed by atoms with E-state index in [2.05, 4.69) is 56.7 Å². The van der Waals surface area contributed by atoms with Gasteiger partial charge in [0.05, 0.1) is 0 Å². The number of hydrogen-bond donors (Lipinski definition) is 1. The molecule has 0 saturated carbocycles. The topological polar surface area (TPSA) is 12.0 Å². The molecule has 1 N–H and O–H groups in total. The fraction of sp³-hybridized carbons (Fsp3) is 1.00. The van der Waals surface area contributed by atoms with Crippen LogP contribution in [0.2, 0.25) is 0 Å². The third-order valence-electron chi connectivity index (χ3n) is 3.44. The van der Waals surface area contributed by atoms with Crippen molar-refractivity contribution in [3.63, 3.8) is 0 Å². The molecule has 1 fully saturated rings. The molecule has 1 aliphatic heterocycles. The first-order valence-electron chi connectivity index (χ1n) is 6.59. The van der Waals surface area contributed by atoms with Crippen molar-refractivity contribution in [3.8, 4) is 0 Å². The number of nitrogens with one attached hydrogen (secondary N) is 1. The van der Waals surface area contributed by atoms with Crippen molar-refractivity contribution in [2.24, 2.45) is 5.92 Å². The van der Waals surface area contributed by atoms with E-state index in [0.717, 1.165) is 16.4 Å². The minimum atomic E-state index is 0.703. The standard InChI is InChI=1S/C13H27NS2/c1-5-6-10(2)9-12(14-4)13-11(3)15-7-8-16-13/h10-14H,5-9H2,1-4H3. The molecule has 0 aromatic carbocycles.